The molecule has 0 bridgehead atoms. The molecule has 0 aliphatic heterocycles. The first-order valence-electron chi connectivity index (χ1n) is 7.01. The number of aliphatic hydroxyl groups is 1. The molecule has 0 aliphatic rings. The van der Waals surface area contributed by atoms with Crippen molar-refractivity contribution in [3.63, 3.8) is 0 Å². The standard InChI is InChI=1S/C13H21N3O7S/c1-8(17)2-3-13(22)23-6-11(20)16-10(19)5-14-9(18)4-15-12(21)7-24/h11,20,24H,2-7H2,1H3,(H,14,18)(H,15,21)(H,16,19). The lowest BCUT2D eigenvalue weighted by Crippen LogP contribution is -2.46. The Labute approximate surface area is 144 Å². The van der Waals surface area contributed by atoms with Crippen LogP contribution in [-0.4, -0.2) is 66.3 Å². The van der Waals surface area contributed by atoms with Crippen LogP contribution in [0.5, 0.6) is 0 Å². The van der Waals surface area contributed by atoms with Crippen LogP contribution in [0.25, 0.3) is 0 Å². The van der Waals surface area contributed by atoms with Crippen LogP contribution in [0, 0.1) is 0 Å². The van der Waals surface area contributed by atoms with E-state index in [-0.39, 0.29) is 30.9 Å². The van der Waals surface area contributed by atoms with Gasteiger partial charge in [0.25, 0.3) is 0 Å². The Morgan fingerprint density at radius 2 is 1.58 bits per heavy atom. The smallest absolute Gasteiger partial charge is 0.306 e. The molecule has 11 heteroatoms. The molecule has 136 valence electrons. The van der Waals surface area contributed by atoms with Gasteiger partial charge in [-0.15, -0.1) is 0 Å². The van der Waals surface area contributed by atoms with Gasteiger partial charge in [-0.1, -0.05) is 0 Å². The molecular weight excluding hydrogens is 342 g/mol. The second-order valence-corrected chi connectivity index (χ2v) is 5.00. The number of carbonyl (C=O) groups is 5. The molecule has 0 heterocycles. The lowest BCUT2D eigenvalue weighted by atomic mass is 10.2. The number of Topliss-reactive ketones (excluding diaryl/α,β-unsaturated/α-hetero) is 1. The van der Waals surface area contributed by atoms with Crippen molar-refractivity contribution in [2.24, 2.45) is 0 Å². The van der Waals surface area contributed by atoms with Gasteiger partial charge in [0.2, 0.25) is 17.7 Å². The molecule has 0 saturated heterocycles. The van der Waals surface area contributed by atoms with Crippen LogP contribution < -0.4 is 16.0 Å². The third-order valence-corrected chi connectivity index (χ3v) is 2.73. The lowest BCUT2D eigenvalue weighted by molar-refractivity contribution is -0.149. The highest BCUT2D eigenvalue weighted by Gasteiger charge is 2.13. The Balaban J connectivity index is 3.86. The summed E-state index contributed by atoms with van der Waals surface area (Å²) in [5.74, 6) is -2.64. The quantitative estimate of drug-likeness (QED) is 0.155. The van der Waals surface area contributed by atoms with Crippen LogP contribution in [0.2, 0.25) is 0 Å². The van der Waals surface area contributed by atoms with Crippen molar-refractivity contribution in [3.8, 4) is 0 Å². The average Bonchev–Trinajstić information content (AvgIpc) is 2.53. The highest BCUT2D eigenvalue weighted by Crippen LogP contribution is 1.94. The van der Waals surface area contributed by atoms with E-state index >= 15 is 0 Å². The van der Waals surface area contributed by atoms with Gasteiger partial charge < -0.3 is 30.6 Å². The molecule has 0 saturated carbocycles. The molecule has 0 fully saturated rings. The molecule has 4 N–H and O–H groups in total. The Morgan fingerprint density at radius 3 is 2.17 bits per heavy atom. The number of thiol groups is 1. The van der Waals surface area contributed by atoms with Crippen LogP contribution in [0.1, 0.15) is 19.8 Å². The third kappa shape index (κ3) is 12.4. The van der Waals surface area contributed by atoms with Gasteiger partial charge in [0.1, 0.15) is 12.4 Å². The molecule has 10 nitrogen and oxygen atoms in total. The average molecular weight is 363 g/mol. The summed E-state index contributed by atoms with van der Waals surface area (Å²) in [5.41, 5.74) is 0. The van der Waals surface area contributed by atoms with Crippen molar-refractivity contribution in [2.45, 2.75) is 26.0 Å². The zero-order chi connectivity index (χ0) is 18.5. The van der Waals surface area contributed by atoms with Gasteiger partial charge in [-0.05, 0) is 6.92 Å². The number of ether oxygens (including phenoxy) is 1. The summed E-state index contributed by atoms with van der Waals surface area (Å²) < 4.78 is 4.66. The summed E-state index contributed by atoms with van der Waals surface area (Å²) in [4.78, 5) is 55.5. The van der Waals surface area contributed by atoms with Gasteiger partial charge in [0.15, 0.2) is 6.23 Å². The summed E-state index contributed by atoms with van der Waals surface area (Å²) in [6.07, 6.45) is -1.51. The van der Waals surface area contributed by atoms with E-state index in [1.807, 2.05) is 0 Å². The Hall–Kier alpha value is -2.14. The summed E-state index contributed by atoms with van der Waals surface area (Å²) in [6.45, 7) is 0.128. The van der Waals surface area contributed by atoms with Crippen molar-refractivity contribution in [1.29, 1.82) is 0 Å². The summed E-state index contributed by atoms with van der Waals surface area (Å²) in [5, 5.41) is 16.0. The van der Waals surface area contributed by atoms with E-state index in [0.29, 0.717) is 0 Å². The van der Waals surface area contributed by atoms with Gasteiger partial charge in [-0.2, -0.15) is 12.6 Å². The van der Waals surface area contributed by atoms with E-state index in [0.717, 1.165) is 0 Å². The molecule has 0 aromatic carbocycles. The molecule has 1 unspecified atom stereocenters. The van der Waals surface area contributed by atoms with Crippen LogP contribution in [-0.2, 0) is 28.7 Å². The van der Waals surface area contributed by atoms with E-state index in [1.54, 1.807) is 0 Å². The molecule has 24 heavy (non-hydrogen) atoms. The SMILES string of the molecule is CC(=O)CCC(=O)OCC(O)NC(=O)CNC(=O)CNC(=O)CS. The van der Waals surface area contributed by atoms with Gasteiger partial charge in [-0.25, -0.2) is 0 Å². The first kappa shape index (κ1) is 21.9. The van der Waals surface area contributed by atoms with Crippen molar-refractivity contribution < 1.29 is 33.8 Å². The number of rotatable bonds is 11. The molecule has 1 atom stereocenters. The molecule has 0 aromatic rings. The normalized spacial score (nSPS) is 11.1. The Kier molecular flexibility index (Phi) is 11.2. The second kappa shape index (κ2) is 12.3. The minimum Gasteiger partial charge on any atom is -0.461 e. The van der Waals surface area contributed by atoms with Crippen molar-refractivity contribution >= 4 is 42.1 Å². The molecule has 3 amide bonds. The van der Waals surface area contributed by atoms with Crippen LogP contribution in [0.3, 0.4) is 0 Å². The van der Waals surface area contributed by atoms with Gasteiger partial charge in [-0.3, -0.25) is 19.2 Å². The van der Waals surface area contributed by atoms with Crippen LogP contribution >= 0.6 is 12.6 Å². The molecular formula is C13H21N3O7S. The van der Waals surface area contributed by atoms with Crippen molar-refractivity contribution in [1.82, 2.24) is 16.0 Å². The zero-order valence-corrected chi connectivity index (χ0v) is 14.1. The fourth-order valence-corrected chi connectivity index (χ4v) is 1.39. The zero-order valence-electron chi connectivity index (χ0n) is 13.2. The number of nitrogens with one attached hydrogen (secondary N) is 3. The van der Waals surface area contributed by atoms with E-state index in [1.165, 1.54) is 6.92 Å². The van der Waals surface area contributed by atoms with E-state index < -0.39 is 43.1 Å². The maximum Gasteiger partial charge on any atom is 0.306 e. The molecule has 0 rings (SSSR count). The second-order valence-electron chi connectivity index (χ2n) is 4.68. The van der Waals surface area contributed by atoms with Crippen molar-refractivity contribution in [2.75, 3.05) is 25.4 Å². The highest BCUT2D eigenvalue weighted by molar-refractivity contribution is 7.81. The minimum atomic E-state index is -1.44. The topological polar surface area (TPSA) is 151 Å². The van der Waals surface area contributed by atoms with E-state index in [9.17, 15) is 29.1 Å². The number of aliphatic hydroxyl groups excluding tert-OH is 1. The number of carbonyl (C=O) groups excluding carboxylic acids is 5. The van der Waals surface area contributed by atoms with Gasteiger partial charge in [0, 0.05) is 6.42 Å². The Bertz CT molecular complexity index is 484. The largest absolute Gasteiger partial charge is 0.461 e. The summed E-state index contributed by atoms with van der Waals surface area (Å²) in [6, 6.07) is 0. The Morgan fingerprint density at radius 1 is 1.00 bits per heavy atom. The van der Waals surface area contributed by atoms with Gasteiger partial charge in [0.05, 0.1) is 25.3 Å². The minimum absolute atomic E-state index is 0.0388. The van der Waals surface area contributed by atoms with Crippen molar-refractivity contribution in [3.05, 3.63) is 0 Å². The molecule has 0 aliphatic carbocycles. The molecule has 0 radical (unpaired) electrons. The number of hydrogen-bond donors (Lipinski definition) is 5. The fourth-order valence-electron chi connectivity index (χ4n) is 1.28. The predicted octanol–water partition coefficient (Wildman–Crippen LogP) is -2.50. The number of esters is 1. The highest BCUT2D eigenvalue weighted by atomic mass is 32.1. The summed E-state index contributed by atoms with van der Waals surface area (Å²) in [7, 11) is 0. The first-order chi connectivity index (χ1) is 11.2. The monoisotopic (exact) mass is 363 g/mol. The summed E-state index contributed by atoms with van der Waals surface area (Å²) >= 11 is 3.71. The van der Waals surface area contributed by atoms with Crippen LogP contribution in [0.15, 0.2) is 0 Å². The van der Waals surface area contributed by atoms with Crippen LogP contribution in [0.4, 0.5) is 0 Å². The number of ketones is 1. The maximum absolute atomic E-state index is 11.4. The molecule has 0 spiro atoms. The van der Waals surface area contributed by atoms with E-state index in [4.69, 9.17) is 0 Å². The maximum atomic E-state index is 11.4. The first-order valence-corrected chi connectivity index (χ1v) is 7.64. The third-order valence-electron chi connectivity index (χ3n) is 2.45. The predicted molar refractivity (Wildman–Crippen MR) is 84.9 cm³/mol. The number of amides is 3. The molecule has 0 aromatic heterocycles. The lowest BCUT2D eigenvalue weighted by Gasteiger charge is -2.13. The number of hydrogen-bond acceptors (Lipinski definition) is 8. The van der Waals surface area contributed by atoms with Gasteiger partial charge >= 0.3 is 5.97 Å². The fraction of sp³-hybridized carbons (Fsp3) is 0.615. The van der Waals surface area contributed by atoms with E-state index in [2.05, 4.69) is 33.3 Å².